The van der Waals surface area contributed by atoms with Gasteiger partial charge in [0.25, 0.3) is 0 Å². The summed E-state index contributed by atoms with van der Waals surface area (Å²) in [4.78, 5) is 25.3. The molecule has 0 aliphatic heterocycles. The molecule has 0 atom stereocenters. The van der Waals surface area contributed by atoms with Crippen molar-refractivity contribution in [1.29, 1.82) is 0 Å². The number of carbonyl (C=O) groups excluding carboxylic acids is 1. The van der Waals surface area contributed by atoms with Crippen LogP contribution in [0.1, 0.15) is 16.1 Å². The number of rotatable bonds is 5. The number of hydrogen-bond donors (Lipinski definition) is 2. The number of ether oxygens (including phenoxy) is 1. The zero-order valence-corrected chi connectivity index (χ0v) is 9.05. The van der Waals surface area contributed by atoms with Crippen LogP contribution in [0.15, 0.2) is 31.0 Å². The zero-order valence-electron chi connectivity index (χ0n) is 9.05. The number of aromatic nitrogens is 1. The fourth-order valence-corrected chi connectivity index (χ4v) is 1.02. The number of amides is 1. The number of aromatic carboxylic acids is 1. The minimum Gasteiger partial charge on any atom is -0.477 e. The molecule has 1 aromatic rings. The second kappa shape index (κ2) is 6.26. The van der Waals surface area contributed by atoms with Crippen LogP contribution in [0.4, 0.5) is 4.79 Å². The van der Waals surface area contributed by atoms with Gasteiger partial charge in [-0.25, -0.2) is 14.6 Å². The van der Waals surface area contributed by atoms with Gasteiger partial charge in [-0.1, -0.05) is 18.7 Å². The van der Waals surface area contributed by atoms with E-state index in [9.17, 15) is 9.59 Å². The maximum absolute atomic E-state index is 11.1. The molecule has 0 aromatic carbocycles. The molecule has 1 amide bonds. The van der Waals surface area contributed by atoms with Crippen molar-refractivity contribution in [2.45, 2.75) is 6.54 Å². The molecule has 0 saturated heterocycles. The van der Waals surface area contributed by atoms with Crippen molar-refractivity contribution in [2.24, 2.45) is 0 Å². The Hall–Kier alpha value is -2.37. The average Bonchev–Trinajstić information content (AvgIpc) is 2.34. The lowest BCUT2D eigenvalue weighted by Gasteiger charge is -2.05. The summed E-state index contributed by atoms with van der Waals surface area (Å²) in [6.07, 6.45) is 2.28. The van der Waals surface area contributed by atoms with E-state index >= 15 is 0 Å². The summed E-state index contributed by atoms with van der Waals surface area (Å²) in [7, 11) is 0. The summed E-state index contributed by atoms with van der Waals surface area (Å²) >= 11 is 0. The number of nitrogens with one attached hydrogen (secondary N) is 1. The Morgan fingerprint density at radius 1 is 1.53 bits per heavy atom. The van der Waals surface area contributed by atoms with Crippen molar-refractivity contribution in [3.63, 3.8) is 0 Å². The van der Waals surface area contributed by atoms with E-state index in [2.05, 4.69) is 16.9 Å². The van der Waals surface area contributed by atoms with Gasteiger partial charge in [0.05, 0.1) is 0 Å². The summed E-state index contributed by atoms with van der Waals surface area (Å²) in [5, 5.41) is 11.1. The van der Waals surface area contributed by atoms with E-state index in [-0.39, 0.29) is 18.8 Å². The molecule has 0 bridgehead atoms. The lowest BCUT2D eigenvalue weighted by Crippen LogP contribution is -2.23. The number of carbonyl (C=O) groups is 2. The Labute approximate surface area is 97.9 Å². The number of carboxylic acid groups (broad SMARTS) is 1. The summed E-state index contributed by atoms with van der Waals surface area (Å²) in [5.41, 5.74) is 0.647. The molecule has 0 aliphatic carbocycles. The van der Waals surface area contributed by atoms with Gasteiger partial charge in [-0.15, -0.1) is 0 Å². The first-order chi connectivity index (χ1) is 8.13. The fourth-order valence-electron chi connectivity index (χ4n) is 1.02. The highest BCUT2D eigenvalue weighted by Gasteiger charge is 2.04. The smallest absolute Gasteiger partial charge is 0.407 e. The van der Waals surface area contributed by atoms with Crippen molar-refractivity contribution in [3.8, 4) is 0 Å². The lowest BCUT2D eigenvalue weighted by molar-refractivity contribution is 0.0690. The molecule has 1 aromatic heterocycles. The first-order valence-electron chi connectivity index (χ1n) is 4.83. The first-order valence-corrected chi connectivity index (χ1v) is 4.83. The Morgan fingerprint density at radius 2 is 2.29 bits per heavy atom. The molecule has 2 N–H and O–H groups in total. The Bertz CT molecular complexity index is 414. The lowest BCUT2D eigenvalue weighted by atomic mass is 10.2. The monoisotopic (exact) mass is 236 g/mol. The molecule has 0 saturated carbocycles. The third kappa shape index (κ3) is 4.33. The number of alkyl carbamates (subject to hydrolysis) is 1. The van der Waals surface area contributed by atoms with Crippen molar-refractivity contribution >= 4 is 12.1 Å². The molecular weight excluding hydrogens is 224 g/mol. The second-order valence-electron chi connectivity index (χ2n) is 3.10. The van der Waals surface area contributed by atoms with E-state index in [4.69, 9.17) is 9.84 Å². The third-order valence-electron chi connectivity index (χ3n) is 1.81. The van der Waals surface area contributed by atoms with Crippen LogP contribution in [0.5, 0.6) is 0 Å². The van der Waals surface area contributed by atoms with Gasteiger partial charge >= 0.3 is 12.1 Å². The second-order valence-corrected chi connectivity index (χ2v) is 3.10. The fraction of sp³-hybridized carbons (Fsp3) is 0.182. The van der Waals surface area contributed by atoms with Crippen LogP contribution in [0.3, 0.4) is 0 Å². The predicted molar refractivity (Wildman–Crippen MR) is 59.6 cm³/mol. The maximum Gasteiger partial charge on any atom is 0.407 e. The van der Waals surface area contributed by atoms with Crippen molar-refractivity contribution in [3.05, 3.63) is 42.2 Å². The van der Waals surface area contributed by atoms with Crippen molar-refractivity contribution in [1.82, 2.24) is 10.3 Å². The Morgan fingerprint density at radius 3 is 2.82 bits per heavy atom. The average molecular weight is 236 g/mol. The molecule has 90 valence electrons. The summed E-state index contributed by atoms with van der Waals surface area (Å²) in [6, 6.07) is 2.94. The maximum atomic E-state index is 11.1. The summed E-state index contributed by atoms with van der Waals surface area (Å²) in [6.45, 7) is 3.77. The van der Waals surface area contributed by atoms with E-state index in [1.807, 2.05) is 0 Å². The van der Waals surface area contributed by atoms with Gasteiger partial charge in [0, 0.05) is 12.7 Å². The van der Waals surface area contributed by atoms with Gasteiger partial charge in [0.2, 0.25) is 0 Å². The molecule has 6 nitrogen and oxygen atoms in total. The van der Waals surface area contributed by atoms with E-state index in [0.29, 0.717) is 5.56 Å². The van der Waals surface area contributed by atoms with Crippen LogP contribution < -0.4 is 5.32 Å². The van der Waals surface area contributed by atoms with Crippen LogP contribution in [0.2, 0.25) is 0 Å². The van der Waals surface area contributed by atoms with E-state index in [1.165, 1.54) is 18.3 Å². The number of nitrogens with zero attached hydrogens (tertiary/aromatic N) is 1. The number of carboxylic acids is 1. The SMILES string of the molecule is C=CCOC(=O)NCc1ccc(C(=O)O)nc1. The van der Waals surface area contributed by atoms with Crippen LogP contribution in [-0.2, 0) is 11.3 Å². The highest BCUT2D eigenvalue weighted by Crippen LogP contribution is 2.00. The molecule has 0 fully saturated rings. The van der Waals surface area contributed by atoms with E-state index in [0.717, 1.165) is 0 Å². The minimum absolute atomic E-state index is 0.0389. The largest absolute Gasteiger partial charge is 0.477 e. The molecule has 1 rings (SSSR count). The molecule has 6 heteroatoms. The predicted octanol–water partition coefficient (Wildman–Crippen LogP) is 1.19. The van der Waals surface area contributed by atoms with Crippen LogP contribution >= 0.6 is 0 Å². The van der Waals surface area contributed by atoms with Gasteiger partial charge in [0.15, 0.2) is 0 Å². The first kappa shape index (κ1) is 12.7. The molecular formula is C11H12N2O4. The topological polar surface area (TPSA) is 88.5 Å². The highest BCUT2D eigenvalue weighted by atomic mass is 16.5. The molecule has 0 radical (unpaired) electrons. The zero-order chi connectivity index (χ0) is 12.7. The Kier molecular flexibility index (Phi) is 4.68. The molecule has 1 heterocycles. The Balaban J connectivity index is 2.44. The molecule has 17 heavy (non-hydrogen) atoms. The van der Waals surface area contributed by atoms with Gasteiger partial charge in [-0.3, -0.25) is 0 Å². The molecule has 0 spiro atoms. The third-order valence-corrected chi connectivity index (χ3v) is 1.81. The van der Waals surface area contributed by atoms with Crippen LogP contribution in [0, 0.1) is 0 Å². The highest BCUT2D eigenvalue weighted by molar-refractivity contribution is 5.85. The standard InChI is InChI=1S/C11H12N2O4/c1-2-5-17-11(16)13-7-8-3-4-9(10(14)15)12-6-8/h2-4,6H,1,5,7H2,(H,13,16)(H,14,15). The van der Waals surface area contributed by atoms with Crippen LogP contribution in [-0.4, -0.2) is 28.8 Å². The quantitative estimate of drug-likeness (QED) is 0.750. The van der Waals surface area contributed by atoms with E-state index < -0.39 is 12.1 Å². The summed E-state index contributed by atoms with van der Waals surface area (Å²) < 4.78 is 4.69. The molecule has 0 aliphatic rings. The molecule has 0 unspecified atom stereocenters. The van der Waals surface area contributed by atoms with Gasteiger partial charge < -0.3 is 15.2 Å². The van der Waals surface area contributed by atoms with Crippen molar-refractivity contribution < 1.29 is 19.4 Å². The number of pyridine rings is 1. The van der Waals surface area contributed by atoms with Gasteiger partial charge in [-0.2, -0.15) is 0 Å². The van der Waals surface area contributed by atoms with E-state index in [1.54, 1.807) is 6.07 Å². The number of hydrogen-bond acceptors (Lipinski definition) is 4. The van der Waals surface area contributed by atoms with Gasteiger partial charge in [-0.05, 0) is 11.6 Å². The van der Waals surface area contributed by atoms with Crippen molar-refractivity contribution in [2.75, 3.05) is 6.61 Å². The summed E-state index contributed by atoms with van der Waals surface area (Å²) in [5.74, 6) is -1.09. The normalized spacial score (nSPS) is 9.41. The van der Waals surface area contributed by atoms with Gasteiger partial charge in [0.1, 0.15) is 12.3 Å². The van der Waals surface area contributed by atoms with Crippen LogP contribution in [0.25, 0.3) is 0 Å². The minimum atomic E-state index is -1.09.